The number of methoxy groups -OCH3 is 2. The molecule has 0 aliphatic carbocycles. The van der Waals surface area contributed by atoms with Crippen molar-refractivity contribution in [2.75, 3.05) is 27.3 Å². The van der Waals surface area contributed by atoms with E-state index in [0.717, 1.165) is 18.4 Å². The second-order valence-corrected chi connectivity index (χ2v) is 5.99. The van der Waals surface area contributed by atoms with Crippen LogP contribution in [0.25, 0.3) is 0 Å². The monoisotopic (exact) mass is 339 g/mol. The molecule has 4 nitrogen and oxygen atoms in total. The quantitative estimate of drug-likeness (QED) is 0.694. The molecule has 0 saturated heterocycles. The molecule has 0 fully saturated rings. The minimum absolute atomic E-state index is 0.0198. The molecule has 0 aromatic heterocycles. The van der Waals surface area contributed by atoms with E-state index in [9.17, 15) is 4.79 Å². The van der Waals surface area contributed by atoms with Crippen molar-refractivity contribution in [2.45, 2.75) is 12.8 Å². The van der Waals surface area contributed by atoms with Gasteiger partial charge in [-0.05, 0) is 0 Å². The van der Waals surface area contributed by atoms with Gasteiger partial charge < -0.3 is 0 Å². The van der Waals surface area contributed by atoms with E-state index in [2.05, 4.69) is 28.4 Å². The van der Waals surface area contributed by atoms with E-state index in [1.54, 1.807) is 14.2 Å². The van der Waals surface area contributed by atoms with Crippen molar-refractivity contribution in [1.82, 2.24) is 4.90 Å². The van der Waals surface area contributed by atoms with Crippen molar-refractivity contribution in [1.29, 1.82) is 0 Å². The van der Waals surface area contributed by atoms with Gasteiger partial charge in [-0.25, -0.2) is 0 Å². The van der Waals surface area contributed by atoms with Crippen LogP contribution in [0.5, 0.6) is 11.5 Å². The zero-order valence-corrected chi connectivity index (χ0v) is 15.4. The fourth-order valence-corrected chi connectivity index (χ4v) is 2.80. The number of hydrogen-bond donors (Lipinski definition) is 0. The fraction of sp³-hybridized carbons (Fsp3) is 0.316. The van der Waals surface area contributed by atoms with Crippen LogP contribution >= 0.6 is 0 Å². The molecule has 2 aromatic carbocycles. The van der Waals surface area contributed by atoms with E-state index >= 15 is 0 Å². The zero-order valence-electron chi connectivity index (χ0n) is 14.2. The van der Waals surface area contributed by atoms with Crippen LogP contribution in [-0.2, 0) is 12.8 Å². The van der Waals surface area contributed by atoms with Gasteiger partial charge in [0.25, 0.3) is 0 Å². The Morgan fingerprint density at radius 1 is 0.917 bits per heavy atom. The van der Waals surface area contributed by atoms with E-state index in [0.29, 0.717) is 24.6 Å². The molecule has 0 heterocycles. The first-order chi connectivity index (χ1) is 11.6. The Labute approximate surface area is 151 Å². The molecule has 0 aliphatic rings. The molecule has 0 unspecified atom stereocenters. The number of hydrogen-bond acceptors (Lipinski definition) is 3. The maximum atomic E-state index is 11.9. The normalized spacial score (nSPS) is 10.2. The van der Waals surface area contributed by atoms with Gasteiger partial charge in [-0.15, -0.1) is 0 Å². The van der Waals surface area contributed by atoms with Crippen molar-refractivity contribution in [3.8, 4) is 11.5 Å². The first kappa shape index (κ1) is 18.4. The second-order valence-electron chi connectivity index (χ2n) is 5.50. The number of carbonyl (C=O) groups is 1. The number of amides is 1. The van der Waals surface area contributed by atoms with Gasteiger partial charge in [0.15, 0.2) is 0 Å². The van der Waals surface area contributed by atoms with Gasteiger partial charge in [0.05, 0.1) is 0 Å². The predicted octanol–water partition coefficient (Wildman–Crippen LogP) is 3.08. The Bertz CT molecular complexity index is 661. The van der Waals surface area contributed by atoms with Crippen LogP contribution in [0.2, 0.25) is 0 Å². The van der Waals surface area contributed by atoms with Crippen LogP contribution < -0.4 is 9.47 Å². The van der Waals surface area contributed by atoms with E-state index in [4.69, 9.17) is 9.47 Å². The number of carbonyl (C=O) groups excluding carboxylic acids is 1. The number of benzene rings is 2. The Morgan fingerprint density at radius 3 is 2.12 bits per heavy atom. The summed E-state index contributed by atoms with van der Waals surface area (Å²) < 4.78 is 10.6. The molecule has 0 spiro atoms. The van der Waals surface area contributed by atoms with Gasteiger partial charge in [-0.2, -0.15) is 0 Å². The van der Waals surface area contributed by atoms with Crippen LogP contribution in [0.15, 0.2) is 48.5 Å². The molecule has 0 N–H and O–H groups in total. The van der Waals surface area contributed by atoms with Crippen LogP contribution in [0.3, 0.4) is 0 Å². The fourth-order valence-electron chi connectivity index (χ4n) is 2.54. The predicted molar refractivity (Wildman–Crippen MR) is 96.1 cm³/mol. The topological polar surface area (TPSA) is 38.8 Å². The van der Waals surface area contributed by atoms with Gasteiger partial charge >= 0.3 is 152 Å². The summed E-state index contributed by atoms with van der Waals surface area (Å²) in [6.45, 7) is 1.38. The average Bonchev–Trinajstić information content (AvgIpc) is 2.62. The van der Waals surface area contributed by atoms with Gasteiger partial charge in [-0.1, -0.05) is 0 Å². The first-order valence-corrected chi connectivity index (χ1v) is 8.51. The molecule has 0 aliphatic heterocycles. The molecule has 24 heavy (non-hydrogen) atoms. The Morgan fingerprint density at radius 2 is 1.54 bits per heavy atom. The van der Waals surface area contributed by atoms with E-state index < -0.39 is 0 Å². The summed E-state index contributed by atoms with van der Waals surface area (Å²) >= 11 is 2.27. The van der Waals surface area contributed by atoms with Gasteiger partial charge in [0, 0.05) is 0 Å². The summed E-state index contributed by atoms with van der Waals surface area (Å²) in [5.74, 6) is 1.42. The molecule has 5 heteroatoms. The van der Waals surface area contributed by atoms with Crippen LogP contribution in [0.1, 0.15) is 11.1 Å². The summed E-state index contributed by atoms with van der Waals surface area (Å²) in [5.41, 5.74) is 2.35. The molecule has 1 amide bonds. The Balaban J connectivity index is 1.95. The van der Waals surface area contributed by atoms with Crippen molar-refractivity contribution in [3.05, 3.63) is 59.7 Å². The molecule has 0 atom stereocenters. The van der Waals surface area contributed by atoms with Crippen molar-refractivity contribution >= 4 is 21.1 Å². The van der Waals surface area contributed by atoms with Crippen molar-refractivity contribution < 1.29 is 14.3 Å². The first-order valence-electron chi connectivity index (χ1n) is 7.93. The van der Waals surface area contributed by atoms with Gasteiger partial charge in [0.2, 0.25) is 0 Å². The maximum absolute atomic E-state index is 11.9. The van der Waals surface area contributed by atoms with E-state index in [-0.39, 0.29) is 4.77 Å². The second kappa shape index (κ2) is 9.37. The molecule has 0 bridgehead atoms. The van der Waals surface area contributed by atoms with Crippen LogP contribution in [0.4, 0.5) is 4.79 Å². The molecular formula is C19H22AlNO3+. The van der Waals surface area contributed by atoms with Gasteiger partial charge in [0.1, 0.15) is 0 Å². The zero-order chi connectivity index (χ0) is 17.4. The Hall–Kier alpha value is -1.96. The minimum atomic E-state index is 0.0198. The van der Waals surface area contributed by atoms with Crippen LogP contribution in [-0.4, -0.2) is 53.3 Å². The number of ether oxygens (including phenoxy) is 2. The van der Waals surface area contributed by atoms with Crippen molar-refractivity contribution in [3.63, 3.8) is 0 Å². The van der Waals surface area contributed by atoms with Crippen molar-refractivity contribution in [2.24, 2.45) is 0 Å². The van der Waals surface area contributed by atoms with E-state index in [1.165, 1.54) is 5.56 Å². The van der Waals surface area contributed by atoms with Crippen LogP contribution in [0, 0.1) is 0 Å². The summed E-state index contributed by atoms with van der Waals surface area (Å²) in [5, 5.41) is 0. The standard InChI is InChI=1S/C19H22NO3.Al/c1-22-18-9-8-17(14-19(18)23-2)11-13-20(15-21)12-10-16-6-4-3-5-7-16;/h3-9,14H,10-13H2,1-2H3;/q;+1. The Kier molecular flexibility index (Phi) is 7.17. The van der Waals surface area contributed by atoms with Gasteiger partial charge in [-0.3, -0.25) is 0 Å². The SMILES string of the molecule is COc1ccc(CCN(CCc2ccccc2)[C](=O)[Al+])cc1OC. The average molecular weight is 339 g/mol. The third-order valence-electron chi connectivity index (χ3n) is 3.94. The molecule has 0 saturated carbocycles. The third kappa shape index (κ3) is 5.30. The molecular weight excluding hydrogens is 317 g/mol. The molecule has 2 rings (SSSR count). The summed E-state index contributed by atoms with van der Waals surface area (Å²) in [6, 6.07) is 16.1. The summed E-state index contributed by atoms with van der Waals surface area (Å²) in [7, 11) is 3.25. The third-order valence-corrected chi connectivity index (χ3v) is 4.31. The summed E-state index contributed by atoms with van der Waals surface area (Å²) in [4.78, 5) is 13.7. The number of nitrogens with zero attached hydrogens (tertiary/aromatic N) is 1. The van der Waals surface area contributed by atoms with E-state index in [1.807, 2.05) is 41.3 Å². The number of rotatable bonds is 8. The molecule has 2 aromatic rings. The summed E-state index contributed by atoms with van der Waals surface area (Å²) in [6.07, 6.45) is 1.63. The molecule has 123 valence electrons. The molecule has 1 radical (unpaired) electrons.